The van der Waals surface area contributed by atoms with E-state index in [1.807, 2.05) is 55.5 Å². The second-order valence-corrected chi connectivity index (χ2v) is 5.68. The molecule has 126 valence electrons. The number of nitrogens with zero attached hydrogens (tertiary/aromatic N) is 1. The second-order valence-electron chi connectivity index (χ2n) is 5.68. The summed E-state index contributed by atoms with van der Waals surface area (Å²) in [6.07, 6.45) is 1.55. The number of aryl methyl sites for hydroxylation is 1. The van der Waals surface area contributed by atoms with Crippen LogP contribution in [-0.4, -0.2) is 10.9 Å². The van der Waals surface area contributed by atoms with Gasteiger partial charge in [-0.2, -0.15) is 0 Å². The maximum atomic E-state index is 12.1. The molecule has 0 spiro atoms. The molecule has 3 aromatic rings. The van der Waals surface area contributed by atoms with E-state index in [2.05, 4.69) is 10.3 Å². The summed E-state index contributed by atoms with van der Waals surface area (Å²) in [5.41, 5.74) is 8.23. The van der Waals surface area contributed by atoms with E-state index in [0.29, 0.717) is 12.1 Å². The van der Waals surface area contributed by atoms with Gasteiger partial charge in [0.2, 0.25) is 0 Å². The second kappa shape index (κ2) is 7.49. The quantitative estimate of drug-likeness (QED) is 0.746. The molecule has 1 aromatic heterocycles. The van der Waals surface area contributed by atoms with E-state index in [1.165, 1.54) is 5.56 Å². The molecule has 5 nitrogen and oxygen atoms in total. The zero-order valence-electron chi connectivity index (χ0n) is 13.9. The molecule has 0 atom stereocenters. The van der Waals surface area contributed by atoms with Crippen molar-refractivity contribution in [3.63, 3.8) is 0 Å². The van der Waals surface area contributed by atoms with Crippen LogP contribution < -0.4 is 15.8 Å². The number of nitrogen functional groups attached to an aromatic ring is 1. The van der Waals surface area contributed by atoms with Crippen molar-refractivity contribution in [3.8, 4) is 11.5 Å². The van der Waals surface area contributed by atoms with Crippen LogP contribution in [0.4, 0.5) is 5.82 Å². The molecule has 3 N–H and O–H groups in total. The van der Waals surface area contributed by atoms with Crippen LogP contribution in [0.1, 0.15) is 21.5 Å². The van der Waals surface area contributed by atoms with Crippen molar-refractivity contribution in [1.29, 1.82) is 0 Å². The average molecular weight is 333 g/mol. The molecule has 0 saturated carbocycles. The predicted molar refractivity (Wildman–Crippen MR) is 97.5 cm³/mol. The van der Waals surface area contributed by atoms with Crippen LogP contribution in [0.5, 0.6) is 11.5 Å². The Hall–Kier alpha value is -3.34. The number of hydrogen-bond acceptors (Lipinski definition) is 4. The highest BCUT2D eigenvalue weighted by Crippen LogP contribution is 2.22. The van der Waals surface area contributed by atoms with Crippen molar-refractivity contribution >= 4 is 11.7 Å². The van der Waals surface area contributed by atoms with Gasteiger partial charge in [-0.1, -0.05) is 29.8 Å². The molecule has 1 amide bonds. The molecule has 1 heterocycles. The number of anilines is 1. The van der Waals surface area contributed by atoms with Crippen LogP contribution in [-0.2, 0) is 6.54 Å². The van der Waals surface area contributed by atoms with Crippen LogP contribution in [0, 0.1) is 6.92 Å². The SMILES string of the molecule is Cc1ccc(Oc2ccc(CNC(=O)c3cccnc3N)cc2)cc1. The number of rotatable bonds is 5. The first-order valence-electron chi connectivity index (χ1n) is 7.94. The summed E-state index contributed by atoms with van der Waals surface area (Å²) in [6.45, 7) is 2.43. The Kier molecular flexibility index (Phi) is 4.95. The summed E-state index contributed by atoms with van der Waals surface area (Å²) in [5, 5.41) is 2.83. The molecular formula is C20H19N3O2. The normalized spacial score (nSPS) is 10.3. The molecule has 25 heavy (non-hydrogen) atoms. The first-order chi connectivity index (χ1) is 12.1. The summed E-state index contributed by atoms with van der Waals surface area (Å²) >= 11 is 0. The molecule has 3 rings (SSSR count). The number of benzene rings is 2. The molecular weight excluding hydrogens is 314 g/mol. The number of nitrogens with two attached hydrogens (primary N) is 1. The standard InChI is InChI=1S/C20H19N3O2/c1-14-4-8-16(9-5-14)25-17-10-6-15(7-11-17)13-23-20(24)18-3-2-12-22-19(18)21/h2-12H,13H2,1H3,(H2,21,22)(H,23,24). The third-order valence-corrected chi connectivity index (χ3v) is 3.72. The van der Waals surface area contributed by atoms with Gasteiger partial charge >= 0.3 is 0 Å². The largest absolute Gasteiger partial charge is 0.457 e. The first-order valence-corrected chi connectivity index (χ1v) is 7.94. The van der Waals surface area contributed by atoms with E-state index in [-0.39, 0.29) is 11.7 Å². The van der Waals surface area contributed by atoms with Gasteiger partial charge in [0.15, 0.2) is 0 Å². The zero-order valence-corrected chi connectivity index (χ0v) is 13.9. The molecule has 2 aromatic carbocycles. The van der Waals surface area contributed by atoms with E-state index in [1.54, 1.807) is 18.3 Å². The lowest BCUT2D eigenvalue weighted by Crippen LogP contribution is -2.24. The van der Waals surface area contributed by atoms with Gasteiger partial charge in [-0.25, -0.2) is 4.98 Å². The molecule has 0 aliphatic rings. The van der Waals surface area contributed by atoms with Gasteiger partial charge in [0.1, 0.15) is 17.3 Å². The first kappa shape index (κ1) is 16.5. The van der Waals surface area contributed by atoms with Gasteiger partial charge in [-0.3, -0.25) is 4.79 Å². The Morgan fingerprint density at radius 1 is 1.04 bits per heavy atom. The predicted octanol–water partition coefficient (Wildman–Crippen LogP) is 3.69. The Morgan fingerprint density at radius 2 is 1.68 bits per heavy atom. The van der Waals surface area contributed by atoms with Gasteiger partial charge in [0.05, 0.1) is 5.56 Å². The number of nitrogens with one attached hydrogen (secondary N) is 1. The maximum absolute atomic E-state index is 12.1. The molecule has 0 fully saturated rings. The number of pyridine rings is 1. The van der Waals surface area contributed by atoms with E-state index >= 15 is 0 Å². The number of ether oxygens (including phenoxy) is 1. The van der Waals surface area contributed by atoms with Crippen LogP contribution in [0.15, 0.2) is 66.9 Å². The minimum absolute atomic E-state index is 0.224. The fourth-order valence-corrected chi connectivity index (χ4v) is 2.30. The molecule has 5 heteroatoms. The summed E-state index contributed by atoms with van der Waals surface area (Å²) in [7, 11) is 0. The Morgan fingerprint density at radius 3 is 2.32 bits per heavy atom. The number of hydrogen-bond donors (Lipinski definition) is 2. The molecule has 0 aliphatic carbocycles. The van der Waals surface area contributed by atoms with Crippen molar-refractivity contribution in [2.75, 3.05) is 5.73 Å². The van der Waals surface area contributed by atoms with Crippen molar-refractivity contribution in [3.05, 3.63) is 83.6 Å². The van der Waals surface area contributed by atoms with Gasteiger partial charge in [0, 0.05) is 12.7 Å². The van der Waals surface area contributed by atoms with Crippen molar-refractivity contribution in [2.45, 2.75) is 13.5 Å². The lowest BCUT2D eigenvalue weighted by atomic mass is 10.2. The fourth-order valence-electron chi connectivity index (χ4n) is 2.30. The molecule has 0 saturated heterocycles. The summed E-state index contributed by atoms with van der Waals surface area (Å²) in [4.78, 5) is 16.0. The zero-order chi connectivity index (χ0) is 17.6. The van der Waals surface area contributed by atoms with Crippen molar-refractivity contribution in [1.82, 2.24) is 10.3 Å². The minimum Gasteiger partial charge on any atom is -0.457 e. The third kappa shape index (κ3) is 4.35. The van der Waals surface area contributed by atoms with E-state index in [0.717, 1.165) is 17.1 Å². The maximum Gasteiger partial charge on any atom is 0.255 e. The van der Waals surface area contributed by atoms with Gasteiger partial charge in [0.25, 0.3) is 5.91 Å². The highest BCUT2D eigenvalue weighted by molar-refractivity contribution is 5.98. The summed E-state index contributed by atoms with van der Waals surface area (Å²) < 4.78 is 5.79. The Labute approximate surface area is 146 Å². The van der Waals surface area contributed by atoms with E-state index < -0.39 is 0 Å². The van der Waals surface area contributed by atoms with Crippen LogP contribution in [0.2, 0.25) is 0 Å². The van der Waals surface area contributed by atoms with Crippen molar-refractivity contribution in [2.24, 2.45) is 0 Å². The van der Waals surface area contributed by atoms with Gasteiger partial charge in [-0.05, 0) is 48.9 Å². The Balaban J connectivity index is 1.58. The highest BCUT2D eigenvalue weighted by Gasteiger charge is 2.09. The smallest absolute Gasteiger partial charge is 0.255 e. The minimum atomic E-state index is -0.245. The van der Waals surface area contributed by atoms with E-state index in [9.17, 15) is 4.79 Å². The fraction of sp³-hybridized carbons (Fsp3) is 0.100. The lowest BCUT2D eigenvalue weighted by Gasteiger charge is -2.09. The summed E-state index contributed by atoms with van der Waals surface area (Å²) in [6, 6.07) is 18.8. The molecule has 0 bridgehead atoms. The topological polar surface area (TPSA) is 77.2 Å². The highest BCUT2D eigenvalue weighted by atomic mass is 16.5. The molecule has 0 aliphatic heterocycles. The average Bonchev–Trinajstić information content (AvgIpc) is 2.63. The van der Waals surface area contributed by atoms with Crippen LogP contribution >= 0.6 is 0 Å². The molecule has 0 radical (unpaired) electrons. The molecule has 0 unspecified atom stereocenters. The Bertz CT molecular complexity index is 859. The van der Waals surface area contributed by atoms with Gasteiger partial charge < -0.3 is 15.8 Å². The van der Waals surface area contributed by atoms with E-state index in [4.69, 9.17) is 10.5 Å². The lowest BCUT2D eigenvalue weighted by molar-refractivity contribution is 0.0951. The van der Waals surface area contributed by atoms with Crippen LogP contribution in [0.3, 0.4) is 0 Å². The number of aromatic nitrogens is 1. The monoisotopic (exact) mass is 333 g/mol. The third-order valence-electron chi connectivity index (χ3n) is 3.72. The summed E-state index contributed by atoms with van der Waals surface area (Å²) in [5.74, 6) is 1.52. The number of carbonyl (C=O) groups excluding carboxylic acids is 1. The number of carbonyl (C=O) groups is 1. The number of amides is 1. The van der Waals surface area contributed by atoms with Crippen LogP contribution in [0.25, 0.3) is 0 Å². The van der Waals surface area contributed by atoms with Crippen molar-refractivity contribution < 1.29 is 9.53 Å². The van der Waals surface area contributed by atoms with Gasteiger partial charge in [-0.15, -0.1) is 0 Å².